The fourth-order valence-electron chi connectivity index (χ4n) is 2.48. The van der Waals surface area contributed by atoms with Gasteiger partial charge in [-0.1, -0.05) is 25.0 Å². The molecule has 3 nitrogen and oxygen atoms in total. The van der Waals surface area contributed by atoms with Crippen molar-refractivity contribution in [3.8, 4) is 0 Å². The molecule has 1 unspecified atom stereocenters. The summed E-state index contributed by atoms with van der Waals surface area (Å²) in [5.41, 5.74) is 1.12. The van der Waals surface area contributed by atoms with Crippen molar-refractivity contribution < 1.29 is 14.1 Å². The second-order valence-corrected chi connectivity index (χ2v) is 6.41. The molecule has 0 radical (unpaired) electrons. The summed E-state index contributed by atoms with van der Waals surface area (Å²) in [4.78, 5) is 10.8. The molecule has 0 saturated heterocycles. The van der Waals surface area contributed by atoms with Crippen LogP contribution in [0.2, 0.25) is 0 Å². The predicted molar refractivity (Wildman–Crippen MR) is 72.1 cm³/mol. The van der Waals surface area contributed by atoms with Crippen molar-refractivity contribution in [1.29, 1.82) is 0 Å². The van der Waals surface area contributed by atoms with E-state index in [2.05, 4.69) is 0 Å². The van der Waals surface area contributed by atoms with Gasteiger partial charge < -0.3 is 5.11 Å². The average Bonchev–Trinajstić information content (AvgIpc) is 2.82. The first-order chi connectivity index (χ1) is 8.65. The first-order valence-electron chi connectivity index (χ1n) is 6.32. The molecule has 1 saturated carbocycles. The summed E-state index contributed by atoms with van der Waals surface area (Å²) in [6.07, 6.45) is 4.91. The topological polar surface area (TPSA) is 54.4 Å². The molecule has 1 atom stereocenters. The molecule has 1 aromatic rings. The highest BCUT2D eigenvalue weighted by molar-refractivity contribution is 7.84. The Morgan fingerprint density at radius 3 is 2.72 bits per heavy atom. The molecule has 1 N–H and O–H groups in total. The van der Waals surface area contributed by atoms with Crippen molar-refractivity contribution in [2.45, 2.75) is 31.4 Å². The van der Waals surface area contributed by atoms with Gasteiger partial charge in [0.05, 0.1) is 5.56 Å². The normalized spacial score (nSPS) is 17.8. The minimum atomic E-state index is -0.932. The van der Waals surface area contributed by atoms with Crippen molar-refractivity contribution in [2.75, 3.05) is 5.75 Å². The molecule has 1 fully saturated rings. The van der Waals surface area contributed by atoms with Crippen LogP contribution in [0.1, 0.15) is 41.6 Å². The van der Waals surface area contributed by atoms with E-state index < -0.39 is 16.8 Å². The van der Waals surface area contributed by atoms with Crippen molar-refractivity contribution in [2.24, 2.45) is 5.92 Å². The lowest BCUT2D eigenvalue weighted by molar-refractivity contribution is 0.0697. The van der Waals surface area contributed by atoms with E-state index in [9.17, 15) is 9.00 Å². The van der Waals surface area contributed by atoms with E-state index in [4.69, 9.17) is 5.11 Å². The van der Waals surface area contributed by atoms with Crippen molar-refractivity contribution in [3.05, 3.63) is 35.4 Å². The summed E-state index contributed by atoms with van der Waals surface area (Å²) in [5, 5.41) is 8.90. The predicted octanol–water partition coefficient (Wildman–Crippen LogP) is 2.82. The first kappa shape index (κ1) is 13.3. The molecule has 1 aliphatic carbocycles. The third-order valence-electron chi connectivity index (χ3n) is 3.40. The number of carbonyl (C=O) groups is 1. The van der Waals surface area contributed by atoms with Gasteiger partial charge in [-0.25, -0.2) is 4.79 Å². The van der Waals surface area contributed by atoms with Gasteiger partial charge in [-0.15, -0.1) is 0 Å². The molecule has 1 aromatic carbocycles. The highest BCUT2D eigenvalue weighted by atomic mass is 32.2. The number of aromatic carboxylic acids is 1. The Labute approximate surface area is 110 Å². The smallest absolute Gasteiger partial charge is 0.335 e. The van der Waals surface area contributed by atoms with Gasteiger partial charge in [-0.05, 0) is 36.5 Å². The largest absolute Gasteiger partial charge is 0.478 e. The number of benzene rings is 1. The van der Waals surface area contributed by atoms with Gasteiger partial charge in [-0.2, -0.15) is 0 Å². The average molecular weight is 266 g/mol. The lowest BCUT2D eigenvalue weighted by atomic mass is 10.1. The molecule has 0 heterocycles. The molecule has 0 aromatic heterocycles. The minimum absolute atomic E-state index is 0.269. The van der Waals surface area contributed by atoms with Crippen molar-refractivity contribution >= 4 is 16.8 Å². The lowest BCUT2D eigenvalue weighted by Crippen LogP contribution is -2.09. The molecule has 0 aliphatic heterocycles. The third-order valence-corrected chi connectivity index (χ3v) is 4.90. The van der Waals surface area contributed by atoms with Gasteiger partial charge in [0, 0.05) is 22.3 Å². The summed E-state index contributed by atoms with van der Waals surface area (Å²) < 4.78 is 12.0. The van der Waals surface area contributed by atoms with Crippen LogP contribution >= 0.6 is 0 Å². The van der Waals surface area contributed by atoms with Gasteiger partial charge in [0.1, 0.15) is 0 Å². The number of hydrogen-bond donors (Lipinski definition) is 1. The van der Waals surface area contributed by atoms with Crippen LogP contribution in [0.3, 0.4) is 0 Å². The van der Waals surface area contributed by atoms with E-state index in [1.54, 1.807) is 18.2 Å². The van der Waals surface area contributed by atoms with E-state index in [1.165, 1.54) is 25.7 Å². The minimum Gasteiger partial charge on any atom is -0.478 e. The van der Waals surface area contributed by atoms with Gasteiger partial charge in [-0.3, -0.25) is 4.21 Å². The van der Waals surface area contributed by atoms with Crippen LogP contribution in [-0.4, -0.2) is 21.0 Å². The Morgan fingerprint density at radius 1 is 1.33 bits per heavy atom. The van der Waals surface area contributed by atoms with Crippen LogP contribution in [-0.2, 0) is 16.6 Å². The number of hydrogen-bond acceptors (Lipinski definition) is 2. The van der Waals surface area contributed by atoms with E-state index in [-0.39, 0.29) is 5.56 Å². The standard InChI is InChI=1S/C14H18O3S/c15-14(16)13-7-3-6-12(8-13)10-18(17)9-11-4-1-2-5-11/h3,6-8,11H,1-2,4-5,9-10H2,(H,15,16). The zero-order valence-electron chi connectivity index (χ0n) is 10.3. The molecule has 0 amide bonds. The highest BCUT2D eigenvalue weighted by Crippen LogP contribution is 2.25. The van der Waals surface area contributed by atoms with Gasteiger partial charge in [0.2, 0.25) is 0 Å². The number of carboxylic acid groups (broad SMARTS) is 1. The van der Waals surface area contributed by atoms with E-state index in [0.717, 1.165) is 11.3 Å². The van der Waals surface area contributed by atoms with Crippen molar-refractivity contribution in [3.63, 3.8) is 0 Å². The van der Waals surface area contributed by atoms with Crippen LogP contribution in [0.15, 0.2) is 24.3 Å². The first-order valence-corrected chi connectivity index (χ1v) is 7.81. The molecule has 0 spiro atoms. The molecule has 0 bridgehead atoms. The Morgan fingerprint density at radius 2 is 2.06 bits per heavy atom. The molecular formula is C14H18O3S. The molecule has 1 aliphatic rings. The summed E-state index contributed by atoms with van der Waals surface area (Å²) >= 11 is 0. The van der Waals surface area contributed by atoms with Crippen LogP contribution < -0.4 is 0 Å². The maximum atomic E-state index is 12.0. The zero-order chi connectivity index (χ0) is 13.0. The molecular weight excluding hydrogens is 248 g/mol. The summed E-state index contributed by atoms with van der Waals surface area (Å²) in [6, 6.07) is 6.74. The number of rotatable bonds is 5. The molecule has 18 heavy (non-hydrogen) atoms. The quantitative estimate of drug-likeness (QED) is 0.891. The van der Waals surface area contributed by atoms with Crippen molar-refractivity contribution in [1.82, 2.24) is 0 Å². The molecule has 98 valence electrons. The second-order valence-electron chi connectivity index (χ2n) is 4.91. The Bertz CT molecular complexity index is 450. The van der Waals surface area contributed by atoms with E-state index in [1.807, 2.05) is 6.07 Å². The van der Waals surface area contributed by atoms with E-state index in [0.29, 0.717) is 11.7 Å². The fraction of sp³-hybridized carbons (Fsp3) is 0.500. The van der Waals surface area contributed by atoms with Gasteiger partial charge >= 0.3 is 5.97 Å². The van der Waals surface area contributed by atoms with Gasteiger partial charge in [0.15, 0.2) is 0 Å². The SMILES string of the molecule is O=C(O)c1cccc(CS(=O)CC2CCCC2)c1. The zero-order valence-corrected chi connectivity index (χ0v) is 11.1. The second kappa shape index (κ2) is 6.14. The van der Waals surface area contributed by atoms with Crippen LogP contribution in [0, 0.1) is 5.92 Å². The van der Waals surface area contributed by atoms with Crippen LogP contribution in [0.5, 0.6) is 0 Å². The lowest BCUT2D eigenvalue weighted by Gasteiger charge is -2.08. The Kier molecular flexibility index (Phi) is 4.53. The Hall–Kier alpha value is -1.16. The molecule has 4 heteroatoms. The molecule has 2 rings (SSSR count). The maximum Gasteiger partial charge on any atom is 0.335 e. The van der Waals surface area contributed by atoms with E-state index >= 15 is 0 Å². The monoisotopic (exact) mass is 266 g/mol. The summed E-state index contributed by atoms with van der Waals surface area (Å²) in [5.74, 6) is 0.904. The maximum absolute atomic E-state index is 12.0. The van der Waals surface area contributed by atoms with Crippen LogP contribution in [0.4, 0.5) is 0 Å². The highest BCUT2D eigenvalue weighted by Gasteiger charge is 2.17. The fourth-order valence-corrected chi connectivity index (χ4v) is 4.01. The van der Waals surface area contributed by atoms with Gasteiger partial charge in [0.25, 0.3) is 0 Å². The number of carboxylic acids is 1. The van der Waals surface area contributed by atoms with Crippen LogP contribution in [0.25, 0.3) is 0 Å². The Balaban J connectivity index is 1.93. The third kappa shape index (κ3) is 3.67. The summed E-state index contributed by atoms with van der Waals surface area (Å²) in [6.45, 7) is 0. The summed E-state index contributed by atoms with van der Waals surface area (Å²) in [7, 11) is -0.875.